The van der Waals surface area contributed by atoms with E-state index in [0.29, 0.717) is 4.32 Å². The molecule has 0 unspecified atom stereocenters. The fourth-order valence-electron chi connectivity index (χ4n) is 0.349. The topological polar surface area (TPSA) is 44.5 Å². The maximum atomic E-state index is 5.26. The second-order valence-electron chi connectivity index (χ2n) is 1.69. The Morgan fingerprint density at radius 3 is 2.00 bits per heavy atom. The van der Waals surface area contributed by atoms with E-state index in [1.54, 1.807) is 6.92 Å². The van der Waals surface area contributed by atoms with E-state index >= 15 is 0 Å². The molecule has 0 aliphatic rings. The molecular weight excluding hydrogens is 170 g/mol. The number of hydrogen-bond acceptors (Lipinski definition) is 4. The Balaban J connectivity index is 3.92. The van der Waals surface area contributed by atoms with Crippen molar-refractivity contribution in [3.8, 4) is 0 Å². The van der Waals surface area contributed by atoms with E-state index in [9.17, 15) is 0 Å². The number of thioether (sulfide) groups is 1. The summed E-state index contributed by atoms with van der Waals surface area (Å²) in [4.78, 5) is 0. The average Bonchev–Trinajstić information content (AvgIpc) is 1.87. The number of thiocarbonyl (C=S) groups is 1. The summed E-state index contributed by atoms with van der Waals surface area (Å²) < 4.78 is 10.3. The monoisotopic (exact) mass is 181 g/mol. The van der Waals surface area contributed by atoms with Crippen LogP contribution in [-0.2, 0) is 9.47 Å². The molecule has 0 rings (SSSR count). The van der Waals surface area contributed by atoms with Crippen LogP contribution in [0.3, 0.4) is 0 Å². The molecule has 0 aliphatic heterocycles. The third-order valence-corrected chi connectivity index (χ3v) is 2.18. The number of rotatable bonds is 3. The Labute approximate surface area is 70.2 Å². The molecule has 0 bridgehead atoms. The van der Waals surface area contributed by atoms with E-state index in [1.807, 2.05) is 0 Å². The van der Waals surface area contributed by atoms with Crippen molar-refractivity contribution in [3.63, 3.8) is 0 Å². The number of ether oxygens (including phenoxy) is 2. The summed E-state index contributed by atoms with van der Waals surface area (Å²) in [6.45, 7) is 1.75. The van der Waals surface area contributed by atoms with Gasteiger partial charge in [-0.05, 0) is 11.8 Å². The molecule has 0 radical (unpaired) electrons. The number of nitrogens with two attached hydrogens (primary N) is 1. The largest absolute Gasteiger partial charge is 0.384 e. The Hall–Kier alpha value is 0.160. The maximum Gasteiger partial charge on any atom is 0.221 e. The summed E-state index contributed by atoms with van der Waals surface area (Å²) in [6, 6.07) is 0. The summed E-state index contributed by atoms with van der Waals surface area (Å²) in [6.07, 6.45) is 0. The zero-order valence-electron chi connectivity index (χ0n) is 6.21. The quantitative estimate of drug-likeness (QED) is 0.518. The van der Waals surface area contributed by atoms with Crippen LogP contribution in [0, 0.1) is 0 Å². The first-order valence-electron chi connectivity index (χ1n) is 2.63. The first-order chi connectivity index (χ1) is 4.54. The highest BCUT2D eigenvalue weighted by Crippen LogP contribution is 2.25. The molecule has 10 heavy (non-hydrogen) atoms. The van der Waals surface area contributed by atoms with Crippen molar-refractivity contribution in [2.24, 2.45) is 5.73 Å². The Kier molecular flexibility index (Phi) is 4.19. The molecule has 0 amide bonds. The third kappa shape index (κ3) is 3.36. The molecule has 3 nitrogen and oxygen atoms in total. The minimum Gasteiger partial charge on any atom is -0.384 e. The first kappa shape index (κ1) is 10.2. The molecule has 0 aromatic heterocycles. The van der Waals surface area contributed by atoms with E-state index < -0.39 is 5.12 Å². The molecule has 0 aromatic carbocycles. The molecule has 0 atom stereocenters. The Morgan fingerprint density at radius 1 is 1.50 bits per heavy atom. The molecule has 0 aromatic rings. The van der Waals surface area contributed by atoms with Gasteiger partial charge in [-0.25, -0.2) is 0 Å². The Bertz CT molecular complexity index is 125. The summed E-state index contributed by atoms with van der Waals surface area (Å²) in [5.74, 6) is 0. The third-order valence-electron chi connectivity index (χ3n) is 1.03. The van der Waals surface area contributed by atoms with Crippen LogP contribution in [0.15, 0.2) is 0 Å². The van der Waals surface area contributed by atoms with E-state index in [4.69, 9.17) is 15.2 Å². The van der Waals surface area contributed by atoms with Gasteiger partial charge in [-0.1, -0.05) is 12.2 Å². The molecule has 0 spiro atoms. The summed E-state index contributed by atoms with van der Waals surface area (Å²) >= 11 is 5.82. The van der Waals surface area contributed by atoms with Crippen LogP contribution in [0.2, 0.25) is 0 Å². The van der Waals surface area contributed by atoms with Crippen molar-refractivity contribution in [1.82, 2.24) is 0 Å². The molecule has 0 heterocycles. The average molecular weight is 181 g/mol. The predicted octanol–water partition coefficient (Wildman–Crippen LogP) is 0.930. The highest BCUT2D eigenvalue weighted by Gasteiger charge is 2.24. The molecule has 0 saturated carbocycles. The molecular formula is C5H11NO2S2. The smallest absolute Gasteiger partial charge is 0.221 e. The second-order valence-corrected chi connectivity index (χ2v) is 3.78. The van der Waals surface area contributed by atoms with Gasteiger partial charge in [-0.3, -0.25) is 0 Å². The highest BCUT2D eigenvalue weighted by molar-refractivity contribution is 8.23. The predicted molar refractivity (Wildman–Crippen MR) is 46.8 cm³/mol. The lowest BCUT2D eigenvalue weighted by molar-refractivity contribution is -0.118. The van der Waals surface area contributed by atoms with Gasteiger partial charge in [0, 0.05) is 21.1 Å². The minimum absolute atomic E-state index is 0.311. The second kappa shape index (κ2) is 4.12. The van der Waals surface area contributed by atoms with E-state index in [-0.39, 0.29) is 0 Å². The van der Waals surface area contributed by atoms with Crippen LogP contribution in [0.25, 0.3) is 0 Å². The van der Waals surface area contributed by atoms with Crippen molar-refractivity contribution in [2.45, 2.75) is 12.0 Å². The number of hydrogen-bond donors (Lipinski definition) is 1. The van der Waals surface area contributed by atoms with Gasteiger partial charge in [-0.2, -0.15) is 0 Å². The lowest BCUT2D eigenvalue weighted by Gasteiger charge is -2.23. The fourth-order valence-corrected chi connectivity index (χ4v) is 1.34. The maximum absolute atomic E-state index is 5.26. The van der Waals surface area contributed by atoms with Crippen molar-refractivity contribution >= 4 is 28.3 Å². The van der Waals surface area contributed by atoms with Crippen LogP contribution in [-0.4, -0.2) is 23.7 Å². The fraction of sp³-hybridized carbons (Fsp3) is 0.800. The summed E-state index contributed by atoms with van der Waals surface area (Å²) in [7, 11) is 3.07. The summed E-state index contributed by atoms with van der Waals surface area (Å²) in [5.41, 5.74) is 5.26. The van der Waals surface area contributed by atoms with Crippen LogP contribution < -0.4 is 5.73 Å². The van der Waals surface area contributed by atoms with Gasteiger partial charge in [0.1, 0.15) is 4.32 Å². The van der Waals surface area contributed by atoms with Gasteiger partial charge in [0.2, 0.25) is 5.12 Å². The van der Waals surface area contributed by atoms with Crippen LogP contribution >= 0.6 is 24.0 Å². The number of methoxy groups -OCH3 is 2. The van der Waals surface area contributed by atoms with Crippen LogP contribution in [0.1, 0.15) is 6.92 Å². The Morgan fingerprint density at radius 2 is 1.90 bits per heavy atom. The minimum atomic E-state index is -0.744. The van der Waals surface area contributed by atoms with Gasteiger partial charge >= 0.3 is 0 Å². The van der Waals surface area contributed by atoms with Gasteiger partial charge < -0.3 is 15.2 Å². The lowest BCUT2D eigenvalue weighted by Crippen LogP contribution is -2.28. The van der Waals surface area contributed by atoms with E-state index in [1.165, 1.54) is 26.0 Å². The molecule has 2 N–H and O–H groups in total. The van der Waals surface area contributed by atoms with E-state index in [0.717, 1.165) is 0 Å². The van der Waals surface area contributed by atoms with Gasteiger partial charge in [0.15, 0.2) is 0 Å². The summed E-state index contributed by atoms with van der Waals surface area (Å²) in [5, 5.41) is -0.744. The SMILES string of the molecule is COC(C)(OC)SC(N)=S. The zero-order valence-corrected chi connectivity index (χ0v) is 7.84. The van der Waals surface area contributed by atoms with Crippen molar-refractivity contribution in [1.29, 1.82) is 0 Å². The van der Waals surface area contributed by atoms with Crippen LogP contribution in [0.4, 0.5) is 0 Å². The molecule has 0 fully saturated rings. The molecule has 0 saturated heterocycles. The van der Waals surface area contributed by atoms with Gasteiger partial charge in [0.05, 0.1) is 0 Å². The normalized spacial score (nSPS) is 11.5. The van der Waals surface area contributed by atoms with Crippen molar-refractivity contribution < 1.29 is 9.47 Å². The molecule has 5 heteroatoms. The lowest BCUT2D eigenvalue weighted by atomic mass is 10.7. The standard InChI is InChI=1S/C5H11NO2S2/c1-5(7-2,8-3)10-4(6)9/h1-3H3,(H2,6,9). The van der Waals surface area contributed by atoms with Gasteiger partial charge in [-0.15, -0.1) is 0 Å². The first-order valence-corrected chi connectivity index (χ1v) is 3.85. The van der Waals surface area contributed by atoms with Crippen molar-refractivity contribution in [2.75, 3.05) is 14.2 Å². The van der Waals surface area contributed by atoms with Crippen LogP contribution in [0.5, 0.6) is 0 Å². The molecule has 60 valence electrons. The zero-order chi connectivity index (χ0) is 8.20. The molecule has 0 aliphatic carbocycles. The van der Waals surface area contributed by atoms with Gasteiger partial charge in [0.25, 0.3) is 0 Å². The van der Waals surface area contributed by atoms with Crippen molar-refractivity contribution in [3.05, 3.63) is 0 Å². The highest BCUT2D eigenvalue weighted by atomic mass is 32.2. The van der Waals surface area contributed by atoms with E-state index in [2.05, 4.69) is 12.2 Å².